The van der Waals surface area contributed by atoms with Gasteiger partial charge in [-0.1, -0.05) is 48.9 Å². The van der Waals surface area contributed by atoms with Gasteiger partial charge < -0.3 is 5.32 Å². The van der Waals surface area contributed by atoms with Crippen LogP contribution in [0.5, 0.6) is 0 Å². The van der Waals surface area contributed by atoms with E-state index in [0.29, 0.717) is 12.8 Å². The van der Waals surface area contributed by atoms with Crippen LogP contribution in [0.25, 0.3) is 0 Å². The Kier molecular flexibility index (Phi) is 4.56. The maximum atomic E-state index is 13.1. The van der Waals surface area contributed by atoms with Gasteiger partial charge in [0.1, 0.15) is 0 Å². The number of Topliss-reactive ketones (excluding diaryl/α,β-unsaturated/α-hetero) is 1. The lowest BCUT2D eigenvalue weighted by Crippen LogP contribution is -2.37. The van der Waals surface area contributed by atoms with Crippen molar-refractivity contribution < 1.29 is 9.59 Å². The number of benzene rings is 2. The molecule has 1 heterocycles. The molecule has 138 valence electrons. The van der Waals surface area contributed by atoms with Crippen LogP contribution in [0.15, 0.2) is 59.8 Å². The zero-order valence-electron chi connectivity index (χ0n) is 15.8. The van der Waals surface area contributed by atoms with Crippen LogP contribution in [0.4, 0.5) is 11.4 Å². The van der Waals surface area contributed by atoms with Gasteiger partial charge in [0.05, 0.1) is 17.4 Å². The number of para-hydroxylation sites is 2. The largest absolute Gasteiger partial charge is 0.357 e. The summed E-state index contributed by atoms with van der Waals surface area (Å²) in [6, 6.07) is 15.6. The Morgan fingerprint density at radius 2 is 1.85 bits per heavy atom. The first kappa shape index (κ1) is 17.5. The Morgan fingerprint density at radius 3 is 2.59 bits per heavy atom. The number of aryl methyl sites for hydroxylation is 1. The van der Waals surface area contributed by atoms with Gasteiger partial charge in [0.25, 0.3) is 0 Å². The number of nitrogens with zero attached hydrogens (tertiary/aromatic N) is 1. The number of anilines is 2. The molecule has 0 fully saturated rings. The first-order valence-corrected chi connectivity index (χ1v) is 9.61. The molecule has 2 aromatic rings. The topological polar surface area (TPSA) is 49.4 Å². The molecule has 2 aromatic carbocycles. The summed E-state index contributed by atoms with van der Waals surface area (Å²) in [6.07, 6.45) is 2.59. The molecule has 27 heavy (non-hydrogen) atoms. The lowest BCUT2D eigenvalue weighted by atomic mass is 9.85. The van der Waals surface area contributed by atoms with Gasteiger partial charge in [-0.3, -0.25) is 14.5 Å². The Hall–Kier alpha value is -2.88. The minimum absolute atomic E-state index is 0.0157. The number of hydrogen-bond donors (Lipinski definition) is 1. The second kappa shape index (κ2) is 7.03. The van der Waals surface area contributed by atoms with Crippen LogP contribution >= 0.6 is 0 Å². The van der Waals surface area contributed by atoms with Crippen molar-refractivity contribution in [2.24, 2.45) is 0 Å². The highest BCUT2D eigenvalue weighted by Gasteiger charge is 2.38. The molecule has 1 aliphatic heterocycles. The molecule has 1 aliphatic carbocycles. The minimum atomic E-state index is -0.392. The molecule has 2 aliphatic rings. The van der Waals surface area contributed by atoms with Crippen LogP contribution < -0.4 is 10.2 Å². The molecule has 4 nitrogen and oxygen atoms in total. The van der Waals surface area contributed by atoms with E-state index in [1.807, 2.05) is 67.3 Å². The standard InChI is InChI=1S/C23H24N2O2/c1-3-21(27)25-19-9-5-4-7-17(19)24-18-8-6-10-20(26)22(18)23(25)16-13-11-15(2)12-14-16/h4-5,7,9,11-14,23-24H,3,6,8,10H2,1-2H3. The monoisotopic (exact) mass is 360 g/mol. The number of nitrogens with one attached hydrogen (secondary N) is 1. The average molecular weight is 360 g/mol. The van der Waals surface area contributed by atoms with Crippen molar-refractivity contribution in [2.45, 2.75) is 45.6 Å². The first-order chi connectivity index (χ1) is 13.1. The third kappa shape index (κ3) is 3.05. The van der Waals surface area contributed by atoms with Crippen molar-refractivity contribution >= 4 is 23.1 Å². The number of amides is 1. The van der Waals surface area contributed by atoms with Gasteiger partial charge >= 0.3 is 0 Å². The predicted molar refractivity (Wildman–Crippen MR) is 108 cm³/mol. The van der Waals surface area contributed by atoms with E-state index in [1.165, 1.54) is 0 Å². The van der Waals surface area contributed by atoms with Crippen LogP contribution in [0.2, 0.25) is 0 Å². The lowest BCUT2D eigenvalue weighted by molar-refractivity contribution is -0.118. The molecule has 1 unspecified atom stereocenters. The van der Waals surface area contributed by atoms with Crippen LogP contribution in [-0.2, 0) is 9.59 Å². The number of rotatable bonds is 2. The van der Waals surface area contributed by atoms with E-state index in [-0.39, 0.29) is 11.7 Å². The molecule has 0 spiro atoms. The number of carbonyl (C=O) groups excluding carboxylic acids is 2. The highest BCUT2D eigenvalue weighted by Crippen LogP contribution is 2.44. The van der Waals surface area contributed by atoms with Gasteiger partial charge in [0.15, 0.2) is 5.78 Å². The fourth-order valence-corrected chi connectivity index (χ4v) is 4.04. The first-order valence-electron chi connectivity index (χ1n) is 9.61. The van der Waals surface area contributed by atoms with Crippen LogP contribution in [0.3, 0.4) is 0 Å². The SMILES string of the molecule is CCC(=O)N1c2ccccc2NC2=C(C(=O)CCC2)C1c1ccc(C)cc1. The van der Waals surface area contributed by atoms with Crippen LogP contribution in [-0.4, -0.2) is 11.7 Å². The van der Waals surface area contributed by atoms with Crippen LogP contribution in [0, 0.1) is 6.92 Å². The van der Waals surface area contributed by atoms with E-state index < -0.39 is 6.04 Å². The van der Waals surface area contributed by atoms with Crippen molar-refractivity contribution in [2.75, 3.05) is 10.2 Å². The molecule has 0 saturated heterocycles. The minimum Gasteiger partial charge on any atom is -0.357 e. The third-order valence-electron chi connectivity index (χ3n) is 5.40. The van der Waals surface area contributed by atoms with E-state index in [9.17, 15) is 9.59 Å². The smallest absolute Gasteiger partial charge is 0.227 e. The molecule has 4 heteroatoms. The maximum Gasteiger partial charge on any atom is 0.227 e. The molecule has 0 saturated carbocycles. The summed E-state index contributed by atoms with van der Waals surface area (Å²) in [7, 11) is 0. The van der Waals surface area contributed by atoms with E-state index in [4.69, 9.17) is 0 Å². The van der Waals surface area contributed by atoms with Gasteiger partial charge in [-0.25, -0.2) is 0 Å². The van der Waals surface area contributed by atoms with Crippen LogP contribution in [0.1, 0.15) is 49.8 Å². The predicted octanol–water partition coefficient (Wildman–Crippen LogP) is 4.91. The molecular weight excluding hydrogens is 336 g/mol. The summed E-state index contributed by atoms with van der Waals surface area (Å²) in [6.45, 7) is 3.91. The molecule has 4 rings (SSSR count). The number of allylic oxidation sites excluding steroid dienone is 1. The number of carbonyl (C=O) groups is 2. The van der Waals surface area contributed by atoms with Crippen molar-refractivity contribution in [3.8, 4) is 0 Å². The van der Waals surface area contributed by atoms with Gasteiger partial charge in [-0.15, -0.1) is 0 Å². The van der Waals surface area contributed by atoms with Gasteiger partial charge in [0.2, 0.25) is 5.91 Å². The second-order valence-electron chi connectivity index (χ2n) is 7.24. The maximum absolute atomic E-state index is 13.1. The van der Waals surface area contributed by atoms with Gasteiger partial charge in [0, 0.05) is 24.1 Å². The molecule has 0 bridgehead atoms. The van der Waals surface area contributed by atoms with E-state index in [2.05, 4.69) is 5.32 Å². The second-order valence-corrected chi connectivity index (χ2v) is 7.24. The zero-order valence-corrected chi connectivity index (χ0v) is 15.8. The number of fused-ring (bicyclic) bond motifs is 1. The van der Waals surface area contributed by atoms with Crippen molar-refractivity contribution in [1.29, 1.82) is 0 Å². The molecule has 0 aromatic heterocycles. The fraction of sp³-hybridized carbons (Fsp3) is 0.304. The normalized spacial score (nSPS) is 19.1. The van der Waals surface area contributed by atoms with Gasteiger partial charge in [-0.2, -0.15) is 0 Å². The summed E-state index contributed by atoms with van der Waals surface area (Å²) >= 11 is 0. The van der Waals surface area contributed by atoms with Crippen molar-refractivity contribution in [3.05, 3.63) is 70.9 Å². The summed E-state index contributed by atoms with van der Waals surface area (Å²) in [5.74, 6) is 0.151. The van der Waals surface area contributed by atoms with Gasteiger partial charge in [-0.05, 0) is 37.5 Å². The highest BCUT2D eigenvalue weighted by molar-refractivity contribution is 6.06. The number of ketones is 1. The third-order valence-corrected chi connectivity index (χ3v) is 5.40. The number of hydrogen-bond acceptors (Lipinski definition) is 3. The fourth-order valence-electron chi connectivity index (χ4n) is 4.04. The Morgan fingerprint density at radius 1 is 1.11 bits per heavy atom. The van der Waals surface area contributed by atoms with E-state index in [0.717, 1.165) is 46.6 Å². The molecule has 0 radical (unpaired) electrons. The van der Waals surface area contributed by atoms with Crippen molar-refractivity contribution in [3.63, 3.8) is 0 Å². The summed E-state index contributed by atoms with van der Waals surface area (Å²) in [5, 5.41) is 3.48. The molecular formula is C23H24N2O2. The molecule has 1 atom stereocenters. The molecule has 1 amide bonds. The molecule has 1 N–H and O–H groups in total. The average Bonchev–Trinajstić information content (AvgIpc) is 2.83. The Bertz CT molecular complexity index is 928. The Labute approximate surface area is 159 Å². The van der Waals surface area contributed by atoms with E-state index in [1.54, 1.807) is 0 Å². The summed E-state index contributed by atoms with van der Waals surface area (Å²) < 4.78 is 0. The quantitative estimate of drug-likeness (QED) is 0.828. The Balaban J connectivity index is 1.99. The summed E-state index contributed by atoms with van der Waals surface area (Å²) in [5.41, 5.74) is 5.54. The van der Waals surface area contributed by atoms with Crippen molar-refractivity contribution in [1.82, 2.24) is 0 Å². The zero-order chi connectivity index (χ0) is 19.0. The lowest BCUT2D eigenvalue weighted by Gasteiger charge is -2.33. The highest BCUT2D eigenvalue weighted by atomic mass is 16.2. The van der Waals surface area contributed by atoms with E-state index >= 15 is 0 Å². The summed E-state index contributed by atoms with van der Waals surface area (Å²) in [4.78, 5) is 27.9.